The highest BCUT2D eigenvalue weighted by molar-refractivity contribution is 7.90. The lowest BCUT2D eigenvalue weighted by molar-refractivity contribution is -0.117. The fraction of sp³-hybridized carbons (Fsp3) is 0.167. The van der Waals surface area contributed by atoms with Gasteiger partial charge in [0, 0.05) is 35.5 Å². The third-order valence-electron chi connectivity index (χ3n) is 6.46. The quantitative estimate of drug-likeness (QED) is 0.228. The highest BCUT2D eigenvalue weighted by atomic mass is 32.2. The summed E-state index contributed by atoms with van der Waals surface area (Å²) in [5.41, 5.74) is 4.23. The smallest absolute Gasteiger partial charge is 0.247 e. The zero-order valence-electron chi connectivity index (χ0n) is 22.6. The molecule has 11 heteroatoms. The average molecular weight is 574 g/mol. The summed E-state index contributed by atoms with van der Waals surface area (Å²) >= 11 is 0. The van der Waals surface area contributed by atoms with Gasteiger partial charge in [-0.2, -0.15) is 4.98 Å². The fourth-order valence-electron chi connectivity index (χ4n) is 4.32. The molecule has 5 rings (SSSR count). The van der Waals surface area contributed by atoms with Gasteiger partial charge in [-0.3, -0.25) is 4.79 Å². The Morgan fingerprint density at radius 3 is 2.44 bits per heavy atom. The number of anilines is 3. The molecular formula is C30H28FN5O4S. The van der Waals surface area contributed by atoms with Crippen LogP contribution in [0.1, 0.15) is 25.3 Å². The number of aromatic nitrogens is 3. The lowest BCUT2D eigenvalue weighted by Crippen LogP contribution is -2.18. The molecule has 2 aromatic heterocycles. The van der Waals surface area contributed by atoms with Crippen molar-refractivity contribution in [2.45, 2.75) is 24.7 Å². The number of carbonyl (C=O) groups excluding carboxylic acids is 1. The van der Waals surface area contributed by atoms with Crippen LogP contribution >= 0.6 is 0 Å². The maximum atomic E-state index is 13.5. The highest BCUT2D eigenvalue weighted by Gasteiger charge is 2.17. The molecule has 0 radical (unpaired) electrons. The maximum absolute atomic E-state index is 13.5. The van der Waals surface area contributed by atoms with E-state index < -0.39 is 15.8 Å². The molecular weight excluding hydrogens is 545 g/mol. The van der Waals surface area contributed by atoms with E-state index in [-0.39, 0.29) is 22.4 Å². The Balaban J connectivity index is 1.30. The van der Waals surface area contributed by atoms with Crippen LogP contribution in [0.4, 0.5) is 21.7 Å². The van der Waals surface area contributed by atoms with Gasteiger partial charge in [-0.15, -0.1) is 5.10 Å². The van der Waals surface area contributed by atoms with E-state index in [4.69, 9.17) is 4.74 Å². The maximum Gasteiger partial charge on any atom is 0.247 e. The predicted molar refractivity (Wildman–Crippen MR) is 156 cm³/mol. The van der Waals surface area contributed by atoms with Crippen molar-refractivity contribution < 1.29 is 22.3 Å². The molecule has 5 aromatic rings. The first-order chi connectivity index (χ1) is 19.6. The van der Waals surface area contributed by atoms with Crippen LogP contribution in [0, 0.1) is 5.82 Å². The van der Waals surface area contributed by atoms with Crippen molar-refractivity contribution in [3.63, 3.8) is 0 Å². The van der Waals surface area contributed by atoms with Crippen molar-refractivity contribution in [3.05, 3.63) is 96.4 Å². The van der Waals surface area contributed by atoms with Crippen LogP contribution in [0.5, 0.6) is 5.75 Å². The standard InChI is InChI=1S/C30H28FN5O4S/c1-4-40-26-17-25(13-14-27(26)41(3,38)39)33-30-34-28-15-10-22(18-36(28)35-30)20-8-11-24(12-9-20)32-29(37)19(2)21-6-5-7-23(31)16-21/h5-19H,4H2,1-3H3,(H,32,37)(H,33,35)/t19-/m1/s1. The Hall–Kier alpha value is -4.77. The highest BCUT2D eigenvalue weighted by Crippen LogP contribution is 2.29. The number of nitrogens with zero attached hydrogens (tertiary/aromatic N) is 3. The first-order valence-electron chi connectivity index (χ1n) is 12.9. The van der Waals surface area contributed by atoms with Gasteiger partial charge in [-0.05, 0) is 73.5 Å². The summed E-state index contributed by atoms with van der Waals surface area (Å²) in [7, 11) is -3.44. The Morgan fingerprint density at radius 2 is 1.73 bits per heavy atom. The molecule has 2 heterocycles. The topological polar surface area (TPSA) is 115 Å². The molecule has 0 aliphatic rings. The molecule has 41 heavy (non-hydrogen) atoms. The van der Waals surface area contributed by atoms with Crippen LogP contribution in [0.15, 0.2) is 90.0 Å². The number of hydrogen-bond acceptors (Lipinski definition) is 7. The van der Waals surface area contributed by atoms with Crippen molar-refractivity contribution in [1.82, 2.24) is 14.6 Å². The number of carbonyl (C=O) groups is 1. The second-order valence-corrected chi connectivity index (χ2v) is 11.5. The zero-order chi connectivity index (χ0) is 29.1. The van der Waals surface area contributed by atoms with E-state index in [0.29, 0.717) is 35.1 Å². The van der Waals surface area contributed by atoms with Gasteiger partial charge in [-0.1, -0.05) is 24.3 Å². The van der Waals surface area contributed by atoms with Gasteiger partial charge in [0.15, 0.2) is 15.5 Å². The van der Waals surface area contributed by atoms with Crippen molar-refractivity contribution in [2.75, 3.05) is 23.5 Å². The first kappa shape index (κ1) is 27.8. The summed E-state index contributed by atoms with van der Waals surface area (Å²) in [5, 5.41) is 10.5. The third kappa shape index (κ3) is 6.36. The summed E-state index contributed by atoms with van der Waals surface area (Å²) in [6.45, 7) is 3.84. The molecule has 0 aliphatic heterocycles. The van der Waals surface area contributed by atoms with Gasteiger partial charge in [-0.25, -0.2) is 17.3 Å². The Labute approximate surface area is 236 Å². The largest absolute Gasteiger partial charge is 0.492 e. The second-order valence-electron chi connectivity index (χ2n) is 9.49. The number of halogens is 1. The Morgan fingerprint density at radius 1 is 1.00 bits per heavy atom. The van der Waals surface area contributed by atoms with Gasteiger partial charge >= 0.3 is 0 Å². The Kier molecular flexibility index (Phi) is 7.71. The summed E-state index contributed by atoms with van der Waals surface area (Å²) in [6.07, 6.45) is 2.98. The number of fused-ring (bicyclic) bond motifs is 1. The normalized spacial score (nSPS) is 12.2. The average Bonchev–Trinajstić information content (AvgIpc) is 3.34. The van der Waals surface area contributed by atoms with Crippen LogP contribution in [0.3, 0.4) is 0 Å². The van der Waals surface area contributed by atoms with Crippen molar-refractivity contribution in [2.24, 2.45) is 0 Å². The van der Waals surface area contributed by atoms with E-state index in [1.165, 1.54) is 18.2 Å². The minimum absolute atomic E-state index is 0.115. The van der Waals surface area contributed by atoms with E-state index in [1.54, 1.807) is 54.8 Å². The molecule has 0 saturated heterocycles. The summed E-state index contributed by atoms with van der Waals surface area (Å²) in [5.74, 6) is -0.521. The molecule has 0 spiro atoms. The molecule has 0 unspecified atom stereocenters. The molecule has 2 N–H and O–H groups in total. The van der Waals surface area contributed by atoms with E-state index in [0.717, 1.165) is 17.4 Å². The van der Waals surface area contributed by atoms with Crippen LogP contribution in [0.25, 0.3) is 16.8 Å². The predicted octanol–water partition coefficient (Wildman–Crippen LogP) is 5.82. The number of ether oxygens (including phenoxy) is 1. The van der Waals surface area contributed by atoms with Crippen molar-refractivity contribution in [1.29, 1.82) is 0 Å². The second kappa shape index (κ2) is 11.4. The number of amides is 1. The molecule has 0 bridgehead atoms. The SMILES string of the molecule is CCOc1cc(Nc2nc3ccc(-c4ccc(NC(=O)[C@H](C)c5cccc(F)c5)cc4)cn3n2)ccc1S(C)(=O)=O. The molecule has 0 fully saturated rings. The third-order valence-corrected chi connectivity index (χ3v) is 7.59. The lowest BCUT2D eigenvalue weighted by atomic mass is 10.00. The molecule has 1 atom stereocenters. The van der Waals surface area contributed by atoms with Gasteiger partial charge in [0.25, 0.3) is 0 Å². The number of pyridine rings is 1. The van der Waals surface area contributed by atoms with Crippen LogP contribution < -0.4 is 15.4 Å². The van der Waals surface area contributed by atoms with Crippen LogP contribution in [-0.2, 0) is 14.6 Å². The fourth-order valence-corrected chi connectivity index (χ4v) is 5.12. The van der Waals surface area contributed by atoms with Crippen molar-refractivity contribution >= 4 is 38.7 Å². The monoisotopic (exact) mass is 573 g/mol. The van der Waals surface area contributed by atoms with Crippen LogP contribution in [-0.4, -0.2) is 41.8 Å². The van der Waals surface area contributed by atoms with E-state index in [2.05, 4.69) is 20.7 Å². The van der Waals surface area contributed by atoms with Crippen molar-refractivity contribution in [3.8, 4) is 16.9 Å². The number of nitrogens with one attached hydrogen (secondary N) is 2. The summed E-state index contributed by atoms with van der Waals surface area (Å²) < 4.78 is 44.8. The summed E-state index contributed by atoms with van der Waals surface area (Å²) in [4.78, 5) is 17.3. The molecule has 3 aromatic carbocycles. The number of hydrogen-bond donors (Lipinski definition) is 2. The van der Waals surface area contributed by atoms with Gasteiger partial charge in [0.2, 0.25) is 11.9 Å². The number of sulfone groups is 1. The van der Waals surface area contributed by atoms with E-state index in [1.807, 2.05) is 30.5 Å². The van der Waals surface area contributed by atoms with Crippen LogP contribution in [0.2, 0.25) is 0 Å². The van der Waals surface area contributed by atoms with Gasteiger partial charge in [0.1, 0.15) is 16.5 Å². The first-order valence-corrected chi connectivity index (χ1v) is 14.8. The van der Waals surface area contributed by atoms with E-state index in [9.17, 15) is 17.6 Å². The minimum atomic E-state index is -3.44. The van der Waals surface area contributed by atoms with Gasteiger partial charge < -0.3 is 15.4 Å². The molecule has 0 aliphatic carbocycles. The van der Waals surface area contributed by atoms with E-state index >= 15 is 0 Å². The lowest BCUT2D eigenvalue weighted by Gasteiger charge is -2.13. The van der Waals surface area contributed by atoms with Gasteiger partial charge in [0.05, 0.1) is 12.5 Å². The zero-order valence-corrected chi connectivity index (χ0v) is 23.4. The Bertz CT molecular complexity index is 1840. The molecule has 9 nitrogen and oxygen atoms in total. The minimum Gasteiger partial charge on any atom is -0.492 e. The summed E-state index contributed by atoms with van der Waals surface area (Å²) in [6, 6.07) is 21.9. The number of rotatable bonds is 9. The molecule has 210 valence electrons. The molecule has 1 amide bonds. The number of benzene rings is 3. The molecule has 0 saturated carbocycles.